The second-order valence-corrected chi connectivity index (χ2v) is 13.6. The molecule has 5 heterocycles. The summed E-state index contributed by atoms with van der Waals surface area (Å²) in [5, 5.41) is 9.46. The van der Waals surface area contributed by atoms with Gasteiger partial charge in [-0.25, -0.2) is 9.24 Å². The molecule has 14 heteroatoms. The van der Waals surface area contributed by atoms with Crippen LogP contribution in [0.4, 0.5) is 21.5 Å². The highest BCUT2D eigenvalue weighted by atomic mass is 19.1. The number of nitrogens with one attached hydrogen (secondary N) is 2. The largest absolute Gasteiger partial charge is 0.368 e. The second kappa shape index (κ2) is 12.2. The van der Waals surface area contributed by atoms with Crippen LogP contribution in [0.1, 0.15) is 71.7 Å². The number of carbonyl (C=O) groups excluding carboxylic acids is 5. The SMILES string of the molecule is [C-]#[N+]c1ccc(NC(=O)C(C)(C)n2cc(C3CCN(C4CN(c5ccc6c(c5)C(=O)N(C5CCC(=O)NC5=O)C6=O)C4)CC3)cn2)cc1F. The van der Waals surface area contributed by atoms with Gasteiger partial charge < -0.3 is 10.2 Å². The Labute approximate surface area is 281 Å². The van der Waals surface area contributed by atoms with Crippen molar-refractivity contribution in [3.05, 3.63) is 82.7 Å². The summed E-state index contributed by atoms with van der Waals surface area (Å²) in [4.78, 5) is 72.1. The number of anilines is 2. The Morgan fingerprint density at radius 1 is 1.02 bits per heavy atom. The van der Waals surface area contributed by atoms with Gasteiger partial charge in [-0.3, -0.25) is 43.8 Å². The number of rotatable bonds is 7. The molecule has 2 N–H and O–H groups in total. The molecular weight excluding hydrogens is 631 g/mol. The van der Waals surface area contributed by atoms with Crippen molar-refractivity contribution < 1.29 is 28.4 Å². The summed E-state index contributed by atoms with van der Waals surface area (Å²) in [6, 6.07) is 8.55. The molecular formula is C35H35FN8O5. The van der Waals surface area contributed by atoms with E-state index in [4.69, 9.17) is 6.57 Å². The Kier molecular flexibility index (Phi) is 8.02. The third-order valence-corrected chi connectivity index (χ3v) is 10.2. The highest BCUT2D eigenvalue weighted by Gasteiger charge is 2.45. The quantitative estimate of drug-likeness (QED) is 0.289. The molecule has 3 aromatic rings. The summed E-state index contributed by atoms with van der Waals surface area (Å²) < 4.78 is 15.7. The average Bonchev–Trinajstić information content (AvgIpc) is 3.65. The van der Waals surface area contributed by atoms with E-state index in [1.54, 1.807) is 30.7 Å². The van der Waals surface area contributed by atoms with E-state index < -0.39 is 41.0 Å². The number of fused-ring (bicyclic) bond motifs is 1. The van der Waals surface area contributed by atoms with Crippen molar-refractivity contribution in [2.75, 3.05) is 36.4 Å². The van der Waals surface area contributed by atoms with Crippen LogP contribution in [0.3, 0.4) is 0 Å². The number of halogens is 1. The lowest BCUT2D eigenvalue weighted by Gasteiger charge is -2.48. The van der Waals surface area contributed by atoms with Crippen molar-refractivity contribution in [2.45, 2.75) is 63.1 Å². The molecule has 1 atom stereocenters. The number of hydrogen-bond donors (Lipinski definition) is 2. The van der Waals surface area contributed by atoms with Gasteiger partial charge >= 0.3 is 0 Å². The monoisotopic (exact) mass is 666 g/mol. The Balaban J connectivity index is 0.921. The lowest BCUT2D eigenvalue weighted by Crippen LogP contribution is -2.60. The molecule has 49 heavy (non-hydrogen) atoms. The van der Waals surface area contributed by atoms with Crippen molar-refractivity contribution in [3.8, 4) is 0 Å². The number of nitrogens with zero attached hydrogens (tertiary/aromatic N) is 6. The Hall–Kier alpha value is -5.42. The molecule has 1 aromatic heterocycles. The lowest BCUT2D eigenvalue weighted by molar-refractivity contribution is -0.136. The van der Waals surface area contributed by atoms with Gasteiger partial charge in [0.05, 0.1) is 23.9 Å². The van der Waals surface area contributed by atoms with E-state index in [9.17, 15) is 28.4 Å². The normalized spacial score (nSPS) is 20.6. The number of amides is 5. The van der Waals surface area contributed by atoms with Crippen molar-refractivity contribution in [3.63, 3.8) is 0 Å². The maximum absolute atomic E-state index is 14.1. The molecule has 1 unspecified atom stereocenters. The predicted octanol–water partition coefficient (Wildman–Crippen LogP) is 3.42. The molecule has 252 valence electrons. The standard InChI is InChI=1S/C35H35FN8O5/c1-35(2,34(49)39-22-4-7-28(37-3)27(36)14-22)43-17-21(16-38-43)20-10-12-41(13-11-20)24-18-42(19-24)23-5-6-25-26(15-23)33(48)44(32(25)47)29-8-9-30(45)40-31(29)46/h4-7,14-17,20,24,29H,8-13,18-19H2,1-2H3,(H,39,49)(H,40,45,46). The molecule has 2 aromatic carbocycles. The van der Waals surface area contributed by atoms with Crippen LogP contribution in [-0.4, -0.2) is 87.4 Å². The lowest BCUT2D eigenvalue weighted by atomic mass is 9.90. The Morgan fingerprint density at radius 2 is 1.76 bits per heavy atom. The molecule has 4 aliphatic rings. The zero-order chi connectivity index (χ0) is 34.6. The Bertz CT molecular complexity index is 1940. The van der Waals surface area contributed by atoms with Crippen LogP contribution >= 0.6 is 0 Å². The van der Waals surface area contributed by atoms with Gasteiger partial charge in [0, 0.05) is 43.1 Å². The first kappa shape index (κ1) is 32.1. The van der Waals surface area contributed by atoms with E-state index in [0.29, 0.717) is 12.0 Å². The zero-order valence-electron chi connectivity index (χ0n) is 27.1. The third-order valence-electron chi connectivity index (χ3n) is 10.2. The highest BCUT2D eigenvalue weighted by Crippen LogP contribution is 2.35. The van der Waals surface area contributed by atoms with E-state index in [-0.39, 0.29) is 41.3 Å². The van der Waals surface area contributed by atoms with Crippen molar-refractivity contribution in [1.82, 2.24) is 24.9 Å². The summed E-state index contributed by atoms with van der Waals surface area (Å²) >= 11 is 0. The van der Waals surface area contributed by atoms with E-state index in [1.165, 1.54) is 12.1 Å². The van der Waals surface area contributed by atoms with E-state index in [2.05, 4.69) is 30.4 Å². The molecule has 0 spiro atoms. The molecule has 3 fully saturated rings. The molecule has 0 saturated carbocycles. The van der Waals surface area contributed by atoms with E-state index >= 15 is 0 Å². The van der Waals surface area contributed by atoms with Gasteiger partial charge in [0.2, 0.25) is 17.5 Å². The average molecular weight is 667 g/mol. The fourth-order valence-electron chi connectivity index (χ4n) is 7.07. The summed E-state index contributed by atoms with van der Waals surface area (Å²) in [6.07, 6.45) is 5.80. The smallest absolute Gasteiger partial charge is 0.262 e. The number of carbonyl (C=O) groups is 5. The molecule has 4 aliphatic heterocycles. The Morgan fingerprint density at radius 3 is 2.45 bits per heavy atom. The number of piperidine rings is 2. The highest BCUT2D eigenvalue weighted by molar-refractivity contribution is 6.23. The van der Waals surface area contributed by atoms with Crippen LogP contribution in [0.2, 0.25) is 0 Å². The number of aromatic nitrogens is 2. The maximum Gasteiger partial charge on any atom is 0.262 e. The van der Waals surface area contributed by atoms with Gasteiger partial charge in [-0.2, -0.15) is 5.10 Å². The van der Waals surface area contributed by atoms with Crippen molar-refractivity contribution in [1.29, 1.82) is 0 Å². The van der Waals surface area contributed by atoms with Crippen LogP contribution in [0.15, 0.2) is 48.8 Å². The van der Waals surface area contributed by atoms with Gasteiger partial charge in [0.1, 0.15) is 17.4 Å². The predicted molar refractivity (Wildman–Crippen MR) is 176 cm³/mol. The first-order valence-electron chi connectivity index (χ1n) is 16.3. The van der Waals surface area contributed by atoms with Crippen molar-refractivity contribution >= 4 is 46.6 Å². The second-order valence-electron chi connectivity index (χ2n) is 13.6. The minimum absolute atomic E-state index is 0.0781. The van der Waals surface area contributed by atoms with Gasteiger partial charge in [-0.05, 0) is 88.0 Å². The fourth-order valence-corrected chi connectivity index (χ4v) is 7.07. The number of hydrogen-bond acceptors (Lipinski definition) is 8. The minimum atomic E-state index is -1.04. The molecule has 3 saturated heterocycles. The molecule has 0 bridgehead atoms. The summed E-state index contributed by atoms with van der Waals surface area (Å²) in [7, 11) is 0. The number of benzene rings is 2. The summed E-state index contributed by atoms with van der Waals surface area (Å²) in [6.45, 7) is 13.9. The van der Waals surface area contributed by atoms with Crippen LogP contribution in [0.25, 0.3) is 4.85 Å². The molecule has 0 radical (unpaired) electrons. The molecule has 0 aliphatic carbocycles. The van der Waals surface area contributed by atoms with Crippen LogP contribution < -0.4 is 15.5 Å². The number of likely N-dealkylation sites (tertiary alicyclic amines) is 1. The van der Waals surface area contributed by atoms with Gasteiger partial charge in [-0.15, -0.1) is 0 Å². The summed E-state index contributed by atoms with van der Waals surface area (Å²) in [5.41, 5.74) is 1.59. The van der Waals surface area contributed by atoms with E-state index in [0.717, 1.165) is 61.2 Å². The van der Waals surface area contributed by atoms with Crippen LogP contribution in [0, 0.1) is 12.4 Å². The maximum atomic E-state index is 14.1. The van der Waals surface area contributed by atoms with Crippen LogP contribution in [0.5, 0.6) is 0 Å². The first-order chi connectivity index (χ1) is 23.4. The fraction of sp³-hybridized carbons (Fsp3) is 0.400. The van der Waals surface area contributed by atoms with Gasteiger partial charge in [0.15, 0.2) is 0 Å². The first-order valence-corrected chi connectivity index (χ1v) is 16.3. The van der Waals surface area contributed by atoms with Crippen molar-refractivity contribution in [2.24, 2.45) is 0 Å². The molecule has 5 amide bonds. The zero-order valence-corrected chi connectivity index (χ0v) is 27.1. The molecule has 7 rings (SSSR count). The van der Waals surface area contributed by atoms with Crippen LogP contribution in [-0.2, 0) is 19.9 Å². The molecule has 13 nitrogen and oxygen atoms in total. The van der Waals surface area contributed by atoms with E-state index in [1.807, 2.05) is 18.5 Å². The van der Waals surface area contributed by atoms with Gasteiger partial charge in [-0.1, -0.05) is 6.07 Å². The minimum Gasteiger partial charge on any atom is -0.368 e. The van der Waals surface area contributed by atoms with Gasteiger partial charge in [0.25, 0.3) is 17.7 Å². The topological polar surface area (TPSA) is 141 Å². The number of imide groups is 2. The third kappa shape index (κ3) is 5.73. The summed E-state index contributed by atoms with van der Waals surface area (Å²) in [5.74, 6) is -2.80.